The molecule has 0 aliphatic rings. The second-order valence-corrected chi connectivity index (χ2v) is 6.14. The number of esters is 2. The maximum absolute atomic E-state index is 12.4. The summed E-state index contributed by atoms with van der Waals surface area (Å²) in [5.41, 5.74) is 0.826. The first-order valence-electron chi connectivity index (χ1n) is 8.87. The minimum atomic E-state index is -1.31. The van der Waals surface area contributed by atoms with Crippen molar-refractivity contribution in [2.75, 3.05) is 0 Å². The lowest BCUT2D eigenvalue weighted by molar-refractivity contribution is -0.145. The van der Waals surface area contributed by atoms with Crippen LogP contribution in [0.2, 0.25) is 0 Å². The van der Waals surface area contributed by atoms with Crippen LogP contribution in [0.1, 0.15) is 35.7 Å². The van der Waals surface area contributed by atoms with Crippen molar-refractivity contribution in [2.24, 2.45) is 0 Å². The van der Waals surface area contributed by atoms with Gasteiger partial charge in [-0.3, -0.25) is 14.4 Å². The van der Waals surface area contributed by atoms with Crippen LogP contribution in [0.4, 0.5) is 0 Å². The smallest absolute Gasteiger partial charge is 0.326 e. The summed E-state index contributed by atoms with van der Waals surface area (Å²) in [7, 11) is 0. The molecule has 0 fully saturated rings. The highest BCUT2D eigenvalue weighted by molar-refractivity contribution is 5.99. The minimum absolute atomic E-state index is 0.0144. The number of benzene rings is 2. The van der Waals surface area contributed by atoms with E-state index in [1.807, 2.05) is 18.2 Å². The van der Waals surface area contributed by atoms with Crippen LogP contribution in [0.25, 0.3) is 0 Å². The predicted octanol–water partition coefficient (Wildman–Crippen LogP) is 2.32. The number of carbonyl (C=O) groups excluding carboxylic acids is 3. The van der Waals surface area contributed by atoms with E-state index in [0.29, 0.717) is 0 Å². The third-order valence-corrected chi connectivity index (χ3v) is 3.87. The molecule has 0 saturated carbocycles. The summed E-state index contributed by atoms with van der Waals surface area (Å²) in [6.45, 7) is 1.27. The number of hydrogen-bond acceptors (Lipinski definition) is 6. The lowest BCUT2D eigenvalue weighted by Gasteiger charge is -2.15. The van der Waals surface area contributed by atoms with Gasteiger partial charge in [0.25, 0.3) is 5.91 Å². The summed E-state index contributed by atoms with van der Waals surface area (Å²) in [5.74, 6) is -3.19. The number of carboxylic acids is 1. The Morgan fingerprint density at radius 2 is 1.66 bits per heavy atom. The molecule has 0 radical (unpaired) electrons. The molecule has 0 saturated heterocycles. The number of ether oxygens (including phenoxy) is 2. The first-order chi connectivity index (χ1) is 13.9. The van der Waals surface area contributed by atoms with Crippen molar-refractivity contribution in [2.45, 2.75) is 32.4 Å². The molecular formula is C21H21NO7. The van der Waals surface area contributed by atoms with Gasteiger partial charge in [-0.2, -0.15) is 0 Å². The molecule has 1 atom stereocenters. The highest BCUT2D eigenvalue weighted by Gasteiger charge is 2.24. The van der Waals surface area contributed by atoms with Crippen molar-refractivity contribution < 1.29 is 33.8 Å². The van der Waals surface area contributed by atoms with Gasteiger partial charge in [-0.15, -0.1) is 0 Å². The van der Waals surface area contributed by atoms with Gasteiger partial charge >= 0.3 is 17.9 Å². The van der Waals surface area contributed by atoms with Crippen molar-refractivity contribution in [1.82, 2.24) is 5.32 Å². The number of aliphatic carboxylic acids is 1. The molecular weight excluding hydrogens is 378 g/mol. The molecule has 0 bridgehead atoms. The Labute approximate surface area is 167 Å². The Kier molecular flexibility index (Phi) is 7.90. The average molecular weight is 399 g/mol. The van der Waals surface area contributed by atoms with Gasteiger partial charge in [0, 0.05) is 13.3 Å². The molecule has 8 nitrogen and oxygen atoms in total. The molecule has 0 heterocycles. The first-order valence-corrected chi connectivity index (χ1v) is 8.87. The summed E-state index contributed by atoms with van der Waals surface area (Å²) < 4.78 is 10.1. The summed E-state index contributed by atoms with van der Waals surface area (Å²) >= 11 is 0. The lowest BCUT2D eigenvalue weighted by atomic mass is 10.1. The average Bonchev–Trinajstić information content (AvgIpc) is 2.70. The van der Waals surface area contributed by atoms with Crippen molar-refractivity contribution in [1.29, 1.82) is 0 Å². The number of carboxylic acid groups (broad SMARTS) is 1. The van der Waals surface area contributed by atoms with Crippen LogP contribution in [0.3, 0.4) is 0 Å². The third-order valence-electron chi connectivity index (χ3n) is 3.87. The fraction of sp³-hybridized carbons (Fsp3) is 0.238. The molecule has 2 aromatic carbocycles. The molecule has 8 heteroatoms. The monoisotopic (exact) mass is 399 g/mol. The number of amides is 1. The van der Waals surface area contributed by atoms with Gasteiger partial charge in [-0.05, 0) is 24.1 Å². The first kappa shape index (κ1) is 21.6. The maximum atomic E-state index is 12.4. The van der Waals surface area contributed by atoms with Crippen LogP contribution in [0.5, 0.6) is 5.75 Å². The van der Waals surface area contributed by atoms with E-state index in [1.54, 1.807) is 24.3 Å². The van der Waals surface area contributed by atoms with Crippen molar-refractivity contribution in [3.05, 3.63) is 65.7 Å². The second-order valence-electron chi connectivity index (χ2n) is 6.14. The molecule has 0 aliphatic heterocycles. The zero-order valence-electron chi connectivity index (χ0n) is 15.8. The van der Waals surface area contributed by atoms with Crippen LogP contribution in [0, 0.1) is 0 Å². The molecule has 0 aliphatic carbocycles. The number of rotatable bonds is 9. The Morgan fingerprint density at radius 3 is 2.31 bits per heavy atom. The van der Waals surface area contributed by atoms with Crippen molar-refractivity contribution >= 4 is 23.8 Å². The lowest BCUT2D eigenvalue weighted by Crippen LogP contribution is -2.41. The second kappa shape index (κ2) is 10.6. The normalized spacial score (nSPS) is 11.2. The zero-order valence-corrected chi connectivity index (χ0v) is 15.8. The molecule has 2 N–H and O–H groups in total. The molecule has 0 aromatic heterocycles. The van der Waals surface area contributed by atoms with Gasteiger partial charge in [0.05, 0.1) is 5.56 Å². The van der Waals surface area contributed by atoms with E-state index in [1.165, 1.54) is 19.1 Å². The zero-order chi connectivity index (χ0) is 21.2. The molecule has 2 rings (SSSR count). The molecule has 0 spiro atoms. The molecule has 152 valence electrons. The van der Waals surface area contributed by atoms with E-state index < -0.39 is 29.9 Å². The van der Waals surface area contributed by atoms with Gasteiger partial charge in [-0.1, -0.05) is 42.5 Å². The maximum Gasteiger partial charge on any atom is 0.326 e. The van der Waals surface area contributed by atoms with E-state index in [-0.39, 0.29) is 30.8 Å². The van der Waals surface area contributed by atoms with Crippen LogP contribution >= 0.6 is 0 Å². The predicted molar refractivity (Wildman–Crippen MR) is 102 cm³/mol. The van der Waals surface area contributed by atoms with Crippen LogP contribution < -0.4 is 10.1 Å². The Hall–Kier alpha value is -3.68. The van der Waals surface area contributed by atoms with Gasteiger partial charge in [0.2, 0.25) is 0 Å². The topological polar surface area (TPSA) is 119 Å². The highest BCUT2D eigenvalue weighted by atomic mass is 16.5. The summed E-state index contributed by atoms with van der Waals surface area (Å²) in [5, 5.41) is 11.7. The Bertz CT molecular complexity index is 880. The number of carbonyl (C=O) groups is 4. The number of hydrogen-bond donors (Lipinski definition) is 2. The summed E-state index contributed by atoms with van der Waals surface area (Å²) in [4.78, 5) is 47.0. The van der Waals surface area contributed by atoms with Gasteiger partial charge < -0.3 is 19.9 Å². The standard InChI is InChI=1S/C21H21NO7/c1-14(23)29-18-10-6-5-9-16(18)20(25)22-17(21(26)27)11-12-19(24)28-13-15-7-3-2-4-8-15/h2-10,17H,11-13H2,1H3,(H,22,25)(H,26,27). The fourth-order valence-electron chi connectivity index (χ4n) is 2.46. The molecule has 1 amide bonds. The molecule has 29 heavy (non-hydrogen) atoms. The van der Waals surface area contributed by atoms with Crippen LogP contribution in [0.15, 0.2) is 54.6 Å². The van der Waals surface area contributed by atoms with Crippen molar-refractivity contribution in [3.63, 3.8) is 0 Å². The SMILES string of the molecule is CC(=O)Oc1ccccc1C(=O)NC(CCC(=O)OCc1ccccc1)C(=O)O. The quantitative estimate of drug-likeness (QED) is 0.490. The van der Waals surface area contributed by atoms with Gasteiger partial charge in [0.15, 0.2) is 0 Å². The van der Waals surface area contributed by atoms with Crippen LogP contribution in [-0.4, -0.2) is 35.0 Å². The summed E-state index contributed by atoms with van der Waals surface area (Å²) in [6, 6.07) is 13.7. The minimum Gasteiger partial charge on any atom is -0.480 e. The molecule has 2 aromatic rings. The van der Waals surface area contributed by atoms with E-state index >= 15 is 0 Å². The van der Waals surface area contributed by atoms with Gasteiger partial charge in [-0.25, -0.2) is 4.79 Å². The number of nitrogens with one attached hydrogen (secondary N) is 1. The van der Waals surface area contributed by atoms with Crippen LogP contribution in [-0.2, 0) is 25.7 Å². The van der Waals surface area contributed by atoms with E-state index in [2.05, 4.69) is 5.32 Å². The van der Waals surface area contributed by atoms with Gasteiger partial charge in [0.1, 0.15) is 18.4 Å². The molecule has 1 unspecified atom stereocenters. The van der Waals surface area contributed by atoms with E-state index in [9.17, 15) is 24.3 Å². The number of para-hydroxylation sites is 1. The van der Waals surface area contributed by atoms with Crippen molar-refractivity contribution in [3.8, 4) is 5.75 Å². The summed E-state index contributed by atoms with van der Waals surface area (Å²) in [6.07, 6.45) is -0.333. The van der Waals surface area contributed by atoms with E-state index in [0.717, 1.165) is 5.56 Å². The van der Waals surface area contributed by atoms with E-state index in [4.69, 9.17) is 9.47 Å². The Morgan fingerprint density at radius 1 is 1.00 bits per heavy atom. The fourth-order valence-corrected chi connectivity index (χ4v) is 2.46. The largest absolute Gasteiger partial charge is 0.480 e. The third kappa shape index (κ3) is 7.10. The highest BCUT2D eigenvalue weighted by Crippen LogP contribution is 2.18. The Balaban J connectivity index is 1.93.